The van der Waals surface area contributed by atoms with E-state index in [4.69, 9.17) is 0 Å². The van der Waals surface area contributed by atoms with E-state index in [0.717, 1.165) is 19.1 Å². The Bertz CT molecular complexity index is 462. The van der Waals surface area contributed by atoms with Crippen molar-refractivity contribution in [2.75, 3.05) is 5.32 Å². The molecule has 0 amide bonds. The van der Waals surface area contributed by atoms with Crippen LogP contribution in [0.1, 0.15) is 5.56 Å². The molecule has 120 valence electrons. The molecule has 1 nitrogen and oxygen atoms in total. The minimum absolute atomic E-state index is 0.195. The number of alkyl halides is 9. The molecule has 1 N–H and O–H groups in total. The monoisotopic (exact) mass is 325 g/mol. The van der Waals surface area contributed by atoms with Gasteiger partial charge in [-0.3, -0.25) is 0 Å². The second-order valence-corrected chi connectivity index (χ2v) is 4.18. The third-order valence-corrected chi connectivity index (χ3v) is 2.74. The molecule has 0 radical (unpaired) electrons. The molecule has 0 aromatic heterocycles. The number of nitrogens with one attached hydrogen (secondary N) is 1. The maximum atomic E-state index is 12.7. The largest absolute Gasteiger partial charge is 0.429 e. The van der Waals surface area contributed by atoms with Gasteiger partial charge in [-0.15, -0.1) is 0 Å². The molecule has 0 bridgehead atoms. The standard InChI is InChI=1S/C11H8F9N/c1-6-4-2-3-5-7(6)21-8(9(12,13)14,10(15,16)17)11(18,19)20/h2-5,21H,1H3. The molecule has 0 unspecified atom stereocenters. The number of para-hydroxylation sites is 1. The van der Waals surface area contributed by atoms with Crippen LogP contribution in [0.5, 0.6) is 0 Å². The van der Waals surface area contributed by atoms with Crippen molar-refractivity contribution in [3.8, 4) is 0 Å². The third kappa shape index (κ3) is 2.88. The van der Waals surface area contributed by atoms with Gasteiger partial charge in [0.25, 0.3) is 0 Å². The van der Waals surface area contributed by atoms with Gasteiger partial charge >= 0.3 is 24.1 Å². The van der Waals surface area contributed by atoms with Gasteiger partial charge in [-0.1, -0.05) is 18.2 Å². The van der Waals surface area contributed by atoms with Gasteiger partial charge in [-0.2, -0.15) is 39.5 Å². The Kier molecular flexibility index (Phi) is 4.14. The summed E-state index contributed by atoms with van der Waals surface area (Å²) in [6.45, 7) is 1.08. The molecular weight excluding hydrogens is 317 g/mol. The van der Waals surface area contributed by atoms with Gasteiger partial charge in [-0.05, 0) is 18.6 Å². The van der Waals surface area contributed by atoms with Crippen LogP contribution in [0.2, 0.25) is 0 Å². The summed E-state index contributed by atoms with van der Waals surface area (Å²) in [5, 5.41) is 0.606. The first-order valence-corrected chi connectivity index (χ1v) is 5.28. The number of aryl methyl sites for hydroxylation is 1. The summed E-state index contributed by atoms with van der Waals surface area (Å²) in [7, 11) is 0. The maximum absolute atomic E-state index is 12.7. The predicted molar refractivity (Wildman–Crippen MR) is 55.7 cm³/mol. The summed E-state index contributed by atoms with van der Waals surface area (Å²) in [4.78, 5) is 0. The minimum Gasteiger partial charge on any atom is -0.356 e. The summed E-state index contributed by atoms with van der Waals surface area (Å²) in [5.74, 6) is 0. The second-order valence-electron chi connectivity index (χ2n) is 4.18. The van der Waals surface area contributed by atoms with Crippen LogP contribution in [0, 0.1) is 6.92 Å². The van der Waals surface area contributed by atoms with E-state index in [-0.39, 0.29) is 5.56 Å². The van der Waals surface area contributed by atoms with Crippen molar-refractivity contribution >= 4 is 5.69 Å². The number of benzene rings is 1. The lowest BCUT2D eigenvalue weighted by Crippen LogP contribution is -2.70. The topological polar surface area (TPSA) is 12.0 Å². The van der Waals surface area contributed by atoms with Crippen LogP contribution in [-0.4, -0.2) is 24.1 Å². The molecule has 0 fully saturated rings. The second kappa shape index (κ2) is 4.99. The summed E-state index contributed by atoms with van der Waals surface area (Å²) in [6, 6.07) is 4.06. The molecule has 0 spiro atoms. The Morgan fingerprint density at radius 2 is 1.10 bits per heavy atom. The smallest absolute Gasteiger partial charge is 0.356 e. The van der Waals surface area contributed by atoms with Gasteiger partial charge in [0.2, 0.25) is 0 Å². The van der Waals surface area contributed by atoms with E-state index < -0.39 is 29.8 Å². The minimum atomic E-state index is -6.63. The van der Waals surface area contributed by atoms with Gasteiger partial charge in [0.1, 0.15) is 0 Å². The Balaban J connectivity index is 3.56. The van der Waals surface area contributed by atoms with E-state index in [1.165, 1.54) is 6.07 Å². The molecule has 0 atom stereocenters. The first-order chi connectivity index (χ1) is 9.24. The van der Waals surface area contributed by atoms with Crippen LogP contribution in [0.15, 0.2) is 24.3 Å². The molecular formula is C11H8F9N. The summed E-state index contributed by atoms with van der Waals surface area (Å²) < 4.78 is 114. The zero-order valence-electron chi connectivity index (χ0n) is 10.2. The number of hydrogen-bond donors (Lipinski definition) is 1. The fourth-order valence-corrected chi connectivity index (χ4v) is 1.61. The van der Waals surface area contributed by atoms with E-state index >= 15 is 0 Å². The zero-order valence-corrected chi connectivity index (χ0v) is 10.2. The van der Waals surface area contributed by atoms with Crippen LogP contribution in [0.4, 0.5) is 45.2 Å². The highest BCUT2D eigenvalue weighted by atomic mass is 19.4. The number of hydrogen-bond acceptors (Lipinski definition) is 1. The Morgan fingerprint density at radius 3 is 1.43 bits per heavy atom. The van der Waals surface area contributed by atoms with E-state index in [9.17, 15) is 39.5 Å². The van der Waals surface area contributed by atoms with Crippen molar-refractivity contribution in [3.05, 3.63) is 29.8 Å². The normalized spacial score (nSPS) is 14.2. The maximum Gasteiger partial charge on any atom is 0.429 e. The van der Waals surface area contributed by atoms with Crippen molar-refractivity contribution in [1.82, 2.24) is 0 Å². The fraction of sp³-hybridized carbons (Fsp3) is 0.455. The van der Waals surface area contributed by atoms with Crippen molar-refractivity contribution in [2.24, 2.45) is 0 Å². The van der Waals surface area contributed by atoms with E-state index in [0.29, 0.717) is 11.4 Å². The molecule has 21 heavy (non-hydrogen) atoms. The third-order valence-electron chi connectivity index (χ3n) is 2.74. The number of halogens is 9. The summed E-state index contributed by atoms with van der Waals surface area (Å²) in [6.07, 6.45) is -19.9. The lowest BCUT2D eigenvalue weighted by Gasteiger charge is -2.39. The molecule has 0 saturated heterocycles. The Hall–Kier alpha value is -1.61. The molecule has 1 aromatic carbocycles. The molecule has 1 aromatic rings. The van der Waals surface area contributed by atoms with Crippen molar-refractivity contribution in [1.29, 1.82) is 0 Å². The lowest BCUT2D eigenvalue weighted by molar-refractivity contribution is -0.370. The first-order valence-electron chi connectivity index (χ1n) is 5.28. The molecule has 0 aliphatic heterocycles. The SMILES string of the molecule is Cc1ccccc1NC(C(F)(F)F)(C(F)(F)F)C(F)(F)F. The van der Waals surface area contributed by atoms with Crippen molar-refractivity contribution in [3.63, 3.8) is 0 Å². The van der Waals surface area contributed by atoms with Gasteiger partial charge in [0.05, 0.1) is 0 Å². The summed E-state index contributed by atoms with van der Waals surface area (Å²) in [5.41, 5.74) is -7.15. The van der Waals surface area contributed by atoms with Gasteiger partial charge in [0, 0.05) is 5.69 Å². The average Bonchev–Trinajstić information content (AvgIpc) is 2.22. The quantitative estimate of drug-likeness (QED) is 0.768. The average molecular weight is 325 g/mol. The van der Waals surface area contributed by atoms with Crippen LogP contribution < -0.4 is 5.32 Å². The highest BCUT2D eigenvalue weighted by molar-refractivity contribution is 5.53. The Morgan fingerprint density at radius 1 is 0.714 bits per heavy atom. The number of rotatable bonds is 2. The van der Waals surface area contributed by atoms with E-state index in [1.54, 1.807) is 0 Å². The highest BCUT2D eigenvalue weighted by Gasteiger charge is 2.84. The Labute approximate surface area is 112 Å². The van der Waals surface area contributed by atoms with Gasteiger partial charge in [-0.25, -0.2) is 0 Å². The van der Waals surface area contributed by atoms with Crippen LogP contribution in [-0.2, 0) is 0 Å². The molecule has 0 aliphatic carbocycles. The molecule has 1 rings (SSSR count). The van der Waals surface area contributed by atoms with Crippen molar-refractivity contribution < 1.29 is 39.5 Å². The fourth-order valence-electron chi connectivity index (χ4n) is 1.61. The first kappa shape index (κ1) is 17.4. The van der Waals surface area contributed by atoms with Crippen LogP contribution in [0.25, 0.3) is 0 Å². The molecule has 10 heteroatoms. The highest BCUT2D eigenvalue weighted by Crippen LogP contribution is 2.54. The summed E-state index contributed by atoms with van der Waals surface area (Å²) >= 11 is 0. The molecule has 0 aliphatic rings. The molecule has 0 saturated carbocycles. The lowest BCUT2D eigenvalue weighted by atomic mass is 9.95. The number of anilines is 1. The van der Waals surface area contributed by atoms with Gasteiger partial charge < -0.3 is 5.32 Å². The zero-order chi connectivity index (χ0) is 16.7. The van der Waals surface area contributed by atoms with Crippen LogP contribution >= 0.6 is 0 Å². The van der Waals surface area contributed by atoms with E-state index in [1.807, 2.05) is 0 Å². The van der Waals surface area contributed by atoms with Gasteiger partial charge in [0.15, 0.2) is 0 Å². The molecule has 0 heterocycles. The predicted octanol–water partition coefficient (Wildman–Crippen LogP) is 4.83. The van der Waals surface area contributed by atoms with E-state index in [2.05, 4.69) is 0 Å². The van der Waals surface area contributed by atoms with Crippen molar-refractivity contribution in [2.45, 2.75) is 31.0 Å². The van der Waals surface area contributed by atoms with Crippen LogP contribution in [0.3, 0.4) is 0 Å².